The Kier molecular flexibility index (Phi) is 6.07. The first-order chi connectivity index (χ1) is 11.8. The Morgan fingerprint density at radius 3 is 2.16 bits per heavy atom. The number of ether oxygens (including phenoxy) is 2. The highest BCUT2D eigenvalue weighted by molar-refractivity contribution is 5.98. The van der Waals surface area contributed by atoms with Crippen molar-refractivity contribution in [3.8, 4) is 11.5 Å². The molecule has 4 heteroatoms. The lowest BCUT2D eigenvalue weighted by atomic mass is 9.86. The zero-order chi connectivity index (χ0) is 18.4. The highest BCUT2D eigenvalue weighted by atomic mass is 16.5. The van der Waals surface area contributed by atoms with E-state index in [1.54, 1.807) is 14.2 Å². The molecule has 0 bridgehead atoms. The standard InChI is InChI=1S/C21H28N2O2/c1-15(17-8-10-18(11-9-17)21(2,3)4)23-22-14-16-7-12-19(24-5)20(13-16)25-6/h7-13,22H,14H2,1-6H3/b23-15+. The van der Waals surface area contributed by atoms with E-state index in [0.29, 0.717) is 6.54 Å². The number of rotatable bonds is 6. The van der Waals surface area contributed by atoms with Crippen LogP contribution in [0.5, 0.6) is 11.5 Å². The van der Waals surface area contributed by atoms with Gasteiger partial charge in [-0.1, -0.05) is 51.1 Å². The molecule has 0 saturated heterocycles. The van der Waals surface area contributed by atoms with Gasteiger partial charge in [-0.2, -0.15) is 5.10 Å². The van der Waals surface area contributed by atoms with Crippen LogP contribution in [-0.2, 0) is 12.0 Å². The van der Waals surface area contributed by atoms with Gasteiger partial charge in [0.2, 0.25) is 0 Å². The number of methoxy groups -OCH3 is 2. The molecule has 0 saturated carbocycles. The van der Waals surface area contributed by atoms with Crippen LogP contribution in [0.4, 0.5) is 0 Å². The number of hydrogen-bond donors (Lipinski definition) is 1. The number of nitrogens with one attached hydrogen (secondary N) is 1. The van der Waals surface area contributed by atoms with Gasteiger partial charge in [0.15, 0.2) is 11.5 Å². The average Bonchev–Trinajstić information content (AvgIpc) is 2.60. The molecule has 0 amide bonds. The van der Waals surface area contributed by atoms with E-state index in [4.69, 9.17) is 9.47 Å². The molecule has 0 atom stereocenters. The van der Waals surface area contributed by atoms with E-state index < -0.39 is 0 Å². The van der Waals surface area contributed by atoms with E-state index >= 15 is 0 Å². The van der Waals surface area contributed by atoms with Crippen LogP contribution >= 0.6 is 0 Å². The predicted molar refractivity (Wildman–Crippen MR) is 104 cm³/mol. The molecule has 2 rings (SSSR count). The van der Waals surface area contributed by atoms with Crippen LogP contribution in [0.25, 0.3) is 0 Å². The Bertz CT molecular complexity index is 729. The molecule has 2 aromatic carbocycles. The van der Waals surface area contributed by atoms with Crippen LogP contribution in [0.3, 0.4) is 0 Å². The van der Waals surface area contributed by atoms with Gasteiger partial charge in [-0.05, 0) is 41.2 Å². The quantitative estimate of drug-likeness (QED) is 0.621. The summed E-state index contributed by atoms with van der Waals surface area (Å²) in [7, 11) is 3.27. The summed E-state index contributed by atoms with van der Waals surface area (Å²) in [6, 6.07) is 14.4. The van der Waals surface area contributed by atoms with E-state index in [1.165, 1.54) is 5.56 Å². The second-order valence-electron chi connectivity index (χ2n) is 7.05. The molecule has 2 aromatic rings. The maximum absolute atomic E-state index is 5.32. The Hall–Kier alpha value is -2.49. The Balaban J connectivity index is 2.02. The summed E-state index contributed by atoms with van der Waals surface area (Å²) < 4.78 is 10.6. The van der Waals surface area contributed by atoms with Crippen LogP contribution in [0, 0.1) is 0 Å². The third-order valence-electron chi connectivity index (χ3n) is 4.15. The summed E-state index contributed by atoms with van der Waals surface area (Å²) in [5.74, 6) is 1.45. The molecule has 134 valence electrons. The van der Waals surface area contributed by atoms with E-state index in [9.17, 15) is 0 Å². The second kappa shape index (κ2) is 8.06. The Morgan fingerprint density at radius 2 is 1.60 bits per heavy atom. The minimum absolute atomic E-state index is 0.162. The SMILES string of the molecule is COc1ccc(CN/N=C(\C)c2ccc(C(C)(C)C)cc2)cc1OC. The first-order valence-corrected chi connectivity index (χ1v) is 8.44. The summed E-state index contributed by atoms with van der Waals surface area (Å²) in [5.41, 5.74) is 7.77. The molecule has 0 heterocycles. The van der Waals surface area contributed by atoms with Crippen LogP contribution in [-0.4, -0.2) is 19.9 Å². The molecule has 1 N–H and O–H groups in total. The van der Waals surface area contributed by atoms with Crippen molar-refractivity contribution < 1.29 is 9.47 Å². The van der Waals surface area contributed by atoms with Crippen LogP contribution in [0.1, 0.15) is 44.4 Å². The van der Waals surface area contributed by atoms with Gasteiger partial charge in [0.05, 0.1) is 26.5 Å². The summed E-state index contributed by atoms with van der Waals surface area (Å²) in [6.45, 7) is 9.28. The number of nitrogens with zero attached hydrogens (tertiary/aromatic N) is 1. The summed E-state index contributed by atoms with van der Waals surface area (Å²) in [6.07, 6.45) is 0. The molecule has 0 spiro atoms. The molecule has 0 aliphatic rings. The van der Waals surface area contributed by atoms with Crippen molar-refractivity contribution in [3.63, 3.8) is 0 Å². The van der Waals surface area contributed by atoms with Gasteiger partial charge < -0.3 is 14.9 Å². The largest absolute Gasteiger partial charge is 0.493 e. The molecule has 0 aromatic heterocycles. The van der Waals surface area contributed by atoms with Gasteiger partial charge in [-0.15, -0.1) is 0 Å². The normalized spacial score (nSPS) is 12.0. The number of hydrazone groups is 1. The summed E-state index contributed by atoms with van der Waals surface area (Å²) in [5, 5.41) is 4.47. The zero-order valence-electron chi connectivity index (χ0n) is 16.0. The van der Waals surface area contributed by atoms with Gasteiger partial charge in [-0.3, -0.25) is 0 Å². The van der Waals surface area contributed by atoms with E-state index in [2.05, 4.69) is 55.6 Å². The number of hydrogen-bond acceptors (Lipinski definition) is 4. The van der Waals surface area contributed by atoms with Crippen molar-refractivity contribution >= 4 is 5.71 Å². The fraction of sp³-hybridized carbons (Fsp3) is 0.381. The lowest BCUT2D eigenvalue weighted by Crippen LogP contribution is -2.12. The fourth-order valence-corrected chi connectivity index (χ4v) is 2.52. The van der Waals surface area contributed by atoms with Crippen molar-refractivity contribution in [2.45, 2.75) is 39.7 Å². The topological polar surface area (TPSA) is 42.8 Å². The van der Waals surface area contributed by atoms with Gasteiger partial charge in [-0.25, -0.2) is 0 Å². The van der Waals surface area contributed by atoms with Crippen molar-refractivity contribution in [1.82, 2.24) is 5.43 Å². The first-order valence-electron chi connectivity index (χ1n) is 8.44. The fourth-order valence-electron chi connectivity index (χ4n) is 2.52. The monoisotopic (exact) mass is 340 g/mol. The minimum Gasteiger partial charge on any atom is -0.493 e. The first kappa shape index (κ1) is 18.8. The molecule has 0 aliphatic heterocycles. The van der Waals surface area contributed by atoms with Gasteiger partial charge in [0, 0.05) is 0 Å². The van der Waals surface area contributed by atoms with Crippen molar-refractivity contribution in [2.75, 3.05) is 14.2 Å². The third kappa shape index (κ3) is 4.99. The highest BCUT2D eigenvalue weighted by Crippen LogP contribution is 2.27. The van der Waals surface area contributed by atoms with Crippen LogP contribution < -0.4 is 14.9 Å². The molecule has 4 nitrogen and oxygen atoms in total. The van der Waals surface area contributed by atoms with Gasteiger partial charge in [0.1, 0.15) is 0 Å². The van der Waals surface area contributed by atoms with Crippen LogP contribution in [0.2, 0.25) is 0 Å². The molecule has 0 aliphatic carbocycles. The van der Waals surface area contributed by atoms with E-state index in [1.807, 2.05) is 25.1 Å². The molecule has 25 heavy (non-hydrogen) atoms. The Morgan fingerprint density at radius 1 is 0.960 bits per heavy atom. The smallest absolute Gasteiger partial charge is 0.161 e. The second-order valence-corrected chi connectivity index (χ2v) is 7.05. The minimum atomic E-state index is 0.162. The van der Waals surface area contributed by atoms with Gasteiger partial charge >= 0.3 is 0 Å². The maximum Gasteiger partial charge on any atom is 0.161 e. The van der Waals surface area contributed by atoms with Crippen LogP contribution in [0.15, 0.2) is 47.6 Å². The lowest BCUT2D eigenvalue weighted by Gasteiger charge is -2.19. The molecular formula is C21H28N2O2. The molecule has 0 radical (unpaired) electrons. The molecule has 0 unspecified atom stereocenters. The lowest BCUT2D eigenvalue weighted by molar-refractivity contribution is 0.354. The van der Waals surface area contributed by atoms with E-state index in [0.717, 1.165) is 28.3 Å². The maximum atomic E-state index is 5.32. The summed E-state index contributed by atoms with van der Waals surface area (Å²) in [4.78, 5) is 0. The summed E-state index contributed by atoms with van der Waals surface area (Å²) >= 11 is 0. The molecule has 0 fully saturated rings. The zero-order valence-corrected chi connectivity index (χ0v) is 16.0. The highest BCUT2D eigenvalue weighted by Gasteiger charge is 2.13. The molecular weight excluding hydrogens is 312 g/mol. The average molecular weight is 340 g/mol. The third-order valence-corrected chi connectivity index (χ3v) is 4.15. The van der Waals surface area contributed by atoms with Gasteiger partial charge in [0.25, 0.3) is 0 Å². The van der Waals surface area contributed by atoms with E-state index in [-0.39, 0.29) is 5.41 Å². The Labute approximate surface area is 150 Å². The van der Waals surface area contributed by atoms with Crippen molar-refractivity contribution in [1.29, 1.82) is 0 Å². The van der Waals surface area contributed by atoms with Crippen molar-refractivity contribution in [2.24, 2.45) is 5.10 Å². The predicted octanol–water partition coefficient (Wildman–Crippen LogP) is 4.52. The number of benzene rings is 2. The van der Waals surface area contributed by atoms with Crippen molar-refractivity contribution in [3.05, 3.63) is 59.2 Å².